The highest BCUT2D eigenvalue weighted by molar-refractivity contribution is 6.00. The molecule has 1 heterocycles. The summed E-state index contributed by atoms with van der Waals surface area (Å²) in [5.74, 6) is 0.361. The van der Waals surface area contributed by atoms with E-state index in [2.05, 4.69) is 36.3 Å². The number of piperidine rings is 1. The van der Waals surface area contributed by atoms with Gasteiger partial charge in [0, 0.05) is 30.9 Å². The smallest absolute Gasteiger partial charge is 0.253 e. The summed E-state index contributed by atoms with van der Waals surface area (Å²) in [6.45, 7) is 9.95. The zero-order valence-electron chi connectivity index (χ0n) is 19.8. The molecule has 2 aromatic carbocycles. The van der Waals surface area contributed by atoms with Gasteiger partial charge in [-0.05, 0) is 49.8 Å². The predicted molar refractivity (Wildman–Crippen MR) is 131 cm³/mol. The van der Waals surface area contributed by atoms with Crippen LogP contribution in [-0.4, -0.2) is 37.0 Å². The standard InChI is InChI=1S/C27H37N3O2/c1-5-23(21-11-7-6-8-12-21)26(31)29-22-15-17-30(18-16-22)25-14-10-9-13-24(25)27(32)28-20(4)19(2)3/h6-14,19-20,22-23H,5,15-18H2,1-4H3,(H,28,32)(H,29,31)/t20-,23-/m0/s1. The minimum absolute atomic E-state index is 0.0223. The second kappa shape index (κ2) is 11.2. The highest BCUT2D eigenvalue weighted by atomic mass is 16.2. The number of amides is 2. The summed E-state index contributed by atoms with van der Waals surface area (Å²) in [6, 6.07) is 18.1. The van der Waals surface area contributed by atoms with Gasteiger partial charge in [0.2, 0.25) is 5.91 Å². The Morgan fingerprint density at radius 2 is 1.59 bits per heavy atom. The second-order valence-corrected chi connectivity index (χ2v) is 9.16. The maximum absolute atomic E-state index is 12.9. The van der Waals surface area contributed by atoms with Gasteiger partial charge in [0.05, 0.1) is 11.5 Å². The number of hydrogen-bond donors (Lipinski definition) is 2. The van der Waals surface area contributed by atoms with E-state index < -0.39 is 0 Å². The minimum Gasteiger partial charge on any atom is -0.371 e. The molecule has 0 aromatic heterocycles. The molecule has 0 saturated carbocycles. The van der Waals surface area contributed by atoms with Crippen LogP contribution < -0.4 is 15.5 Å². The fraction of sp³-hybridized carbons (Fsp3) is 0.481. The molecule has 1 fully saturated rings. The van der Waals surface area contributed by atoms with Crippen LogP contribution in [0.4, 0.5) is 5.69 Å². The summed E-state index contributed by atoms with van der Waals surface area (Å²) in [6.07, 6.45) is 2.52. The molecule has 172 valence electrons. The van der Waals surface area contributed by atoms with Crippen molar-refractivity contribution in [1.82, 2.24) is 10.6 Å². The van der Waals surface area contributed by atoms with E-state index in [1.807, 2.05) is 61.5 Å². The van der Waals surface area contributed by atoms with E-state index in [1.165, 1.54) is 0 Å². The molecule has 2 aromatic rings. The molecule has 0 bridgehead atoms. The highest BCUT2D eigenvalue weighted by Gasteiger charge is 2.26. The maximum Gasteiger partial charge on any atom is 0.253 e. The number of benzene rings is 2. The first-order valence-corrected chi connectivity index (χ1v) is 11.9. The average molecular weight is 436 g/mol. The van der Waals surface area contributed by atoms with E-state index >= 15 is 0 Å². The van der Waals surface area contributed by atoms with Crippen LogP contribution in [0.2, 0.25) is 0 Å². The number of carbonyl (C=O) groups is 2. The molecular weight excluding hydrogens is 398 g/mol. The lowest BCUT2D eigenvalue weighted by atomic mass is 9.94. The third-order valence-corrected chi connectivity index (χ3v) is 6.62. The van der Waals surface area contributed by atoms with E-state index in [9.17, 15) is 9.59 Å². The first kappa shape index (κ1) is 23.8. The zero-order valence-corrected chi connectivity index (χ0v) is 19.8. The van der Waals surface area contributed by atoms with Crippen molar-refractivity contribution >= 4 is 17.5 Å². The molecule has 2 N–H and O–H groups in total. The van der Waals surface area contributed by atoms with Gasteiger partial charge < -0.3 is 15.5 Å². The van der Waals surface area contributed by atoms with Gasteiger partial charge in [-0.2, -0.15) is 0 Å². The molecule has 0 unspecified atom stereocenters. The molecule has 3 rings (SSSR count). The van der Waals surface area contributed by atoms with Crippen molar-refractivity contribution in [3.63, 3.8) is 0 Å². The van der Waals surface area contributed by atoms with Gasteiger partial charge in [-0.25, -0.2) is 0 Å². The number of hydrogen-bond acceptors (Lipinski definition) is 3. The Labute approximate surface area is 192 Å². The van der Waals surface area contributed by atoms with Crippen LogP contribution in [0, 0.1) is 5.92 Å². The quantitative estimate of drug-likeness (QED) is 0.630. The average Bonchev–Trinajstić information content (AvgIpc) is 2.80. The molecule has 2 amide bonds. The second-order valence-electron chi connectivity index (χ2n) is 9.16. The maximum atomic E-state index is 12.9. The SMILES string of the molecule is CC[C@H](C(=O)NC1CCN(c2ccccc2C(=O)N[C@@H](C)C(C)C)CC1)c1ccccc1. The van der Waals surface area contributed by atoms with Gasteiger partial charge in [0.1, 0.15) is 0 Å². The summed E-state index contributed by atoms with van der Waals surface area (Å²) in [4.78, 5) is 28.1. The van der Waals surface area contributed by atoms with Crippen LogP contribution >= 0.6 is 0 Å². The Morgan fingerprint density at radius 1 is 0.969 bits per heavy atom. The lowest BCUT2D eigenvalue weighted by Gasteiger charge is -2.35. The Kier molecular flexibility index (Phi) is 8.32. The van der Waals surface area contributed by atoms with Crippen LogP contribution in [0.15, 0.2) is 54.6 Å². The van der Waals surface area contributed by atoms with Crippen molar-refractivity contribution in [2.45, 2.75) is 65.0 Å². The highest BCUT2D eigenvalue weighted by Crippen LogP contribution is 2.26. The Balaban J connectivity index is 1.60. The molecule has 1 aliphatic rings. The Bertz CT molecular complexity index is 889. The van der Waals surface area contributed by atoms with Gasteiger partial charge in [0.15, 0.2) is 0 Å². The Hall–Kier alpha value is -2.82. The zero-order chi connectivity index (χ0) is 23.1. The van der Waals surface area contributed by atoms with Crippen molar-refractivity contribution in [2.24, 2.45) is 5.92 Å². The summed E-state index contributed by atoms with van der Waals surface area (Å²) in [5, 5.41) is 6.39. The molecule has 2 atom stereocenters. The molecule has 0 aliphatic carbocycles. The van der Waals surface area contributed by atoms with Gasteiger partial charge in [0.25, 0.3) is 5.91 Å². The fourth-order valence-electron chi connectivity index (χ4n) is 4.22. The van der Waals surface area contributed by atoms with Crippen molar-refractivity contribution in [1.29, 1.82) is 0 Å². The summed E-state index contributed by atoms with van der Waals surface area (Å²) in [7, 11) is 0. The Morgan fingerprint density at radius 3 is 2.22 bits per heavy atom. The molecule has 1 saturated heterocycles. The number of para-hydroxylation sites is 1. The number of nitrogens with one attached hydrogen (secondary N) is 2. The van der Waals surface area contributed by atoms with Crippen LogP contribution in [-0.2, 0) is 4.79 Å². The van der Waals surface area contributed by atoms with Crippen LogP contribution in [0.25, 0.3) is 0 Å². The lowest BCUT2D eigenvalue weighted by molar-refractivity contribution is -0.123. The largest absolute Gasteiger partial charge is 0.371 e. The van der Waals surface area contributed by atoms with E-state index in [0.717, 1.165) is 49.2 Å². The third kappa shape index (κ3) is 5.90. The van der Waals surface area contributed by atoms with Crippen molar-refractivity contribution < 1.29 is 9.59 Å². The molecule has 1 aliphatic heterocycles. The minimum atomic E-state index is -0.110. The fourth-order valence-corrected chi connectivity index (χ4v) is 4.22. The number of rotatable bonds is 8. The number of anilines is 1. The molecule has 32 heavy (non-hydrogen) atoms. The van der Waals surface area contributed by atoms with E-state index in [-0.39, 0.29) is 29.8 Å². The number of nitrogens with zero attached hydrogens (tertiary/aromatic N) is 1. The number of carbonyl (C=O) groups excluding carboxylic acids is 2. The van der Waals surface area contributed by atoms with Crippen LogP contribution in [0.1, 0.15) is 68.8 Å². The molecular formula is C27H37N3O2. The summed E-state index contributed by atoms with van der Waals surface area (Å²) < 4.78 is 0. The summed E-state index contributed by atoms with van der Waals surface area (Å²) in [5.41, 5.74) is 2.76. The van der Waals surface area contributed by atoms with E-state index in [0.29, 0.717) is 5.92 Å². The van der Waals surface area contributed by atoms with E-state index in [4.69, 9.17) is 0 Å². The van der Waals surface area contributed by atoms with Gasteiger partial charge in [-0.3, -0.25) is 9.59 Å². The van der Waals surface area contributed by atoms with Gasteiger partial charge in [-0.15, -0.1) is 0 Å². The van der Waals surface area contributed by atoms with Crippen molar-refractivity contribution in [2.75, 3.05) is 18.0 Å². The molecule has 5 nitrogen and oxygen atoms in total. The predicted octanol–water partition coefficient (Wildman–Crippen LogP) is 4.74. The normalized spacial score (nSPS) is 16.5. The van der Waals surface area contributed by atoms with Gasteiger partial charge >= 0.3 is 0 Å². The van der Waals surface area contributed by atoms with Crippen molar-refractivity contribution in [3.05, 3.63) is 65.7 Å². The van der Waals surface area contributed by atoms with E-state index in [1.54, 1.807) is 0 Å². The van der Waals surface area contributed by atoms with Crippen LogP contribution in [0.5, 0.6) is 0 Å². The molecule has 0 spiro atoms. The lowest BCUT2D eigenvalue weighted by Crippen LogP contribution is -2.46. The first-order valence-electron chi connectivity index (χ1n) is 11.9. The summed E-state index contributed by atoms with van der Waals surface area (Å²) >= 11 is 0. The monoisotopic (exact) mass is 435 g/mol. The van der Waals surface area contributed by atoms with Gasteiger partial charge in [-0.1, -0.05) is 63.2 Å². The molecule has 0 radical (unpaired) electrons. The third-order valence-electron chi connectivity index (χ3n) is 6.62. The van der Waals surface area contributed by atoms with Crippen LogP contribution in [0.3, 0.4) is 0 Å². The van der Waals surface area contributed by atoms with Crippen molar-refractivity contribution in [3.8, 4) is 0 Å². The topological polar surface area (TPSA) is 61.4 Å². The first-order chi connectivity index (χ1) is 15.4. The molecule has 5 heteroatoms.